The van der Waals surface area contributed by atoms with E-state index in [1.54, 1.807) is 0 Å². The van der Waals surface area contributed by atoms with Crippen molar-refractivity contribution in [2.75, 3.05) is 32.9 Å². The van der Waals surface area contributed by atoms with Gasteiger partial charge >= 0.3 is 0 Å². The van der Waals surface area contributed by atoms with E-state index in [-0.39, 0.29) is 0 Å². The molecular formula is C12H24N2O2. The Labute approximate surface area is 98.4 Å². The van der Waals surface area contributed by atoms with E-state index in [4.69, 9.17) is 9.47 Å². The molecule has 4 heteroatoms. The maximum atomic E-state index is 5.42. The molecule has 0 aromatic heterocycles. The number of rotatable bonds is 8. The Morgan fingerprint density at radius 2 is 2.56 bits per heavy atom. The van der Waals surface area contributed by atoms with Crippen molar-refractivity contribution < 1.29 is 9.47 Å². The number of hydrogen-bond donors (Lipinski definition) is 2. The van der Waals surface area contributed by atoms with Crippen LogP contribution in [0.25, 0.3) is 0 Å². The molecule has 0 bridgehead atoms. The maximum Gasteiger partial charge on any atom is 0.0885 e. The third kappa shape index (κ3) is 6.10. The van der Waals surface area contributed by atoms with Gasteiger partial charge in [0.15, 0.2) is 0 Å². The quantitative estimate of drug-likeness (QED) is 0.478. The molecule has 1 aliphatic heterocycles. The molecule has 94 valence electrons. The summed E-state index contributed by atoms with van der Waals surface area (Å²) in [5, 5.41) is 6.94. The van der Waals surface area contributed by atoms with Gasteiger partial charge in [-0.1, -0.05) is 6.58 Å². The molecule has 1 heterocycles. The van der Waals surface area contributed by atoms with Crippen molar-refractivity contribution in [2.45, 2.75) is 31.8 Å². The molecular weight excluding hydrogens is 204 g/mol. The maximum absolute atomic E-state index is 5.42. The molecule has 0 aliphatic carbocycles. The summed E-state index contributed by atoms with van der Waals surface area (Å²) >= 11 is 0. The molecule has 0 radical (unpaired) electrons. The van der Waals surface area contributed by atoms with Crippen LogP contribution in [-0.2, 0) is 9.47 Å². The SMILES string of the molecule is C=COCCCNC(C)CC1COCCN1. The van der Waals surface area contributed by atoms with E-state index in [1.165, 1.54) is 6.26 Å². The zero-order valence-electron chi connectivity index (χ0n) is 10.2. The van der Waals surface area contributed by atoms with Gasteiger partial charge in [-0.15, -0.1) is 0 Å². The average Bonchev–Trinajstić information content (AvgIpc) is 2.30. The predicted molar refractivity (Wildman–Crippen MR) is 65.5 cm³/mol. The minimum Gasteiger partial charge on any atom is -0.502 e. The summed E-state index contributed by atoms with van der Waals surface area (Å²) in [4.78, 5) is 0. The highest BCUT2D eigenvalue weighted by Gasteiger charge is 2.15. The van der Waals surface area contributed by atoms with Crippen molar-refractivity contribution in [1.29, 1.82) is 0 Å². The highest BCUT2D eigenvalue weighted by Crippen LogP contribution is 2.02. The molecule has 2 atom stereocenters. The van der Waals surface area contributed by atoms with Crippen LogP contribution in [0, 0.1) is 0 Å². The third-order valence-electron chi connectivity index (χ3n) is 2.69. The normalized spacial score (nSPS) is 22.7. The molecule has 16 heavy (non-hydrogen) atoms. The van der Waals surface area contributed by atoms with Gasteiger partial charge in [-0.25, -0.2) is 0 Å². The van der Waals surface area contributed by atoms with E-state index in [2.05, 4.69) is 24.1 Å². The summed E-state index contributed by atoms with van der Waals surface area (Å²) in [6.45, 7) is 10.1. The molecule has 0 aromatic carbocycles. The van der Waals surface area contributed by atoms with E-state index in [1.807, 2.05) is 0 Å². The van der Waals surface area contributed by atoms with Crippen LogP contribution in [0.3, 0.4) is 0 Å². The average molecular weight is 228 g/mol. The lowest BCUT2D eigenvalue weighted by molar-refractivity contribution is 0.0712. The van der Waals surface area contributed by atoms with Gasteiger partial charge in [-0.05, 0) is 26.3 Å². The van der Waals surface area contributed by atoms with Crippen LogP contribution >= 0.6 is 0 Å². The van der Waals surface area contributed by atoms with Gasteiger partial charge in [0, 0.05) is 18.6 Å². The van der Waals surface area contributed by atoms with Gasteiger partial charge in [0.25, 0.3) is 0 Å². The number of hydrogen-bond acceptors (Lipinski definition) is 4. The molecule has 0 spiro atoms. The molecule has 1 aliphatic rings. The molecule has 0 saturated carbocycles. The zero-order chi connectivity index (χ0) is 11.6. The molecule has 1 rings (SSSR count). The van der Waals surface area contributed by atoms with Gasteiger partial charge in [-0.3, -0.25) is 0 Å². The van der Waals surface area contributed by atoms with Crippen LogP contribution in [-0.4, -0.2) is 45.0 Å². The fourth-order valence-corrected chi connectivity index (χ4v) is 1.87. The Morgan fingerprint density at radius 1 is 1.69 bits per heavy atom. The zero-order valence-corrected chi connectivity index (χ0v) is 10.2. The highest BCUT2D eigenvalue weighted by atomic mass is 16.5. The van der Waals surface area contributed by atoms with Gasteiger partial charge in [0.05, 0.1) is 26.1 Å². The number of morpholine rings is 1. The lowest BCUT2D eigenvalue weighted by atomic mass is 10.1. The first-order valence-electron chi connectivity index (χ1n) is 6.10. The minimum atomic E-state index is 0.501. The lowest BCUT2D eigenvalue weighted by Gasteiger charge is -2.26. The topological polar surface area (TPSA) is 42.5 Å². The Morgan fingerprint density at radius 3 is 3.25 bits per heavy atom. The van der Waals surface area contributed by atoms with Crippen LogP contribution in [0.4, 0.5) is 0 Å². The molecule has 1 fully saturated rings. The third-order valence-corrected chi connectivity index (χ3v) is 2.69. The van der Waals surface area contributed by atoms with Crippen LogP contribution in [0.2, 0.25) is 0 Å². The van der Waals surface area contributed by atoms with Crippen molar-refractivity contribution in [2.24, 2.45) is 0 Å². The Bertz CT molecular complexity index is 182. The fourth-order valence-electron chi connectivity index (χ4n) is 1.87. The second kappa shape index (κ2) is 8.56. The first-order chi connectivity index (χ1) is 7.83. The van der Waals surface area contributed by atoms with E-state index in [9.17, 15) is 0 Å². The van der Waals surface area contributed by atoms with Gasteiger partial charge in [0.2, 0.25) is 0 Å². The second-order valence-corrected chi connectivity index (χ2v) is 4.21. The van der Waals surface area contributed by atoms with E-state index >= 15 is 0 Å². The smallest absolute Gasteiger partial charge is 0.0885 e. The first-order valence-corrected chi connectivity index (χ1v) is 6.10. The molecule has 0 amide bonds. The molecule has 0 aromatic rings. The van der Waals surface area contributed by atoms with Crippen molar-refractivity contribution in [3.05, 3.63) is 12.8 Å². The van der Waals surface area contributed by atoms with E-state index in [0.29, 0.717) is 12.1 Å². The van der Waals surface area contributed by atoms with Crippen molar-refractivity contribution in [1.82, 2.24) is 10.6 Å². The highest BCUT2D eigenvalue weighted by molar-refractivity contribution is 4.75. The predicted octanol–water partition coefficient (Wildman–Crippen LogP) is 0.893. The minimum absolute atomic E-state index is 0.501. The van der Waals surface area contributed by atoms with Gasteiger partial charge in [0.1, 0.15) is 0 Å². The summed E-state index contributed by atoms with van der Waals surface area (Å²) in [7, 11) is 0. The molecule has 4 nitrogen and oxygen atoms in total. The Hall–Kier alpha value is -0.580. The Kier molecular flexibility index (Phi) is 7.21. The summed E-state index contributed by atoms with van der Waals surface area (Å²) in [6, 6.07) is 1.02. The second-order valence-electron chi connectivity index (χ2n) is 4.21. The van der Waals surface area contributed by atoms with Crippen LogP contribution in [0.15, 0.2) is 12.8 Å². The summed E-state index contributed by atoms with van der Waals surface area (Å²) < 4.78 is 10.5. The van der Waals surface area contributed by atoms with Crippen molar-refractivity contribution >= 4 is 0 Å². The molecule has 1 saturated heterocycles. The Balaban J connectivity index is 1.96. The standard InChI is InChI=1S/C12H24N2O2/c1-3-15-7-4-5-13-11(2)9-12-10-16-8-6-14-12/h3,11-14H,1,4-10H2,2H3. The van der Waals surface area contributed by atoms with Gasteiger partial charge in [-0.2, -0.15) is 0 Å². The molecule has 2 N–H and O–H groups in total. The van der Waals surface area contributed by atoms with Gasteiger partial charge < -0.3 is 20.1 Å². The van der Waals surface area contributed by atoms with Crippen LogP contribution in [0.5, 0.6) is 0 Å². The van der Waals surface area contributed by atoms with Crippen LogP contribution < -0.4 is 10.6 Å². The summed E-state index contributed by atoms with van der Waals surface area (Å²) in [5.74, 6) is 0. The number of nitrogens with one attached hydrogen (secondary N) is 2. The van der Waals surface area contributed by atoms with Crippen molar-refractivity contribution in [3.8, 4) is 0 Å². The van der Waals surface area contributed by atoms with Crippen molar-refractivity contribution in [3.63, 3.8) is 0 Å². The number of ether oxygens (including phenoxy) is 2. The first kappa shape index (κ1) is 13.5. The molecule has 2 unspecified atom stereocenters. The lowest BCUT2D eigenvalue weighted by Crippen LogP contribution is -2.45. The summed E-state index contributed by atoms with van der Waals surface area (Å²) in [5.41, 5.74) is 0. The van der Waals surface area contributed by atoms with Crippen LogP contribution in [0.1, 0.15) is 19.8 Å². The van der Waals surface area contributed by atoms with E-state index in [0.717, 1.165) is 45.8 Å². The summed E-state index contributed by atoms with van der Waals surface area (Å²) in [6.07, 6.45) is 3.62. The fraction of sp³-hybridized carbons (Fsp3) is 0.833. The monoisotopic (exact) mass is 228 g/mol. The largest absolute Gasteiger partial charge is 0.502 e. The van der Waals surface area contributed by atoms with E-state index < -0.39 is 0 Å².